The second-order valence-electron chi connectivity index (χ2n) is 3.52. The molecule has 1 amide bonds. The zero-order valence-electron chi connectivity index (χ0n) is 9.82. The van der Waals surface area contributed by atoms with Crippen LogP contribution in [0.5, 0.6) is 0 Å². The van der Waals surface area contributed by atoms with Crippen LogP contribution in [0.25, 0.3) is 0 Å². The summed E-state index contributed by atoms with van der Waals surface area (Å²) in [6, 6.07) is 9.89. The van der Waals surface area contributed by atoms with Gasteiger partial charge in [-0.05, 0) is 31.1 Å². The van der Waals surface area contributed by atoms with E-state index < -0.39 is 0 Å². The van der Waals surface area contributed by atoms with E-state index in [2.05, 4.69) is 16.2 Å². The molecule has 0 aliphatic rings. The minimum absolute atomic E-state index is 0.0749. The molecule has 3 N–H and O–H groups in total. The Bertz CT molecular complexity index is 367. The normalized spacial score (nSPS) is 9.47. The van der Waals surface area contributed by atoms with Gasteiger partial charge < -0.3 is 5.32 Å². The van der Waals surface area contributed by atoms with Crippen molar-refractivity contribution < 1.29 is 4.79 Å². The average Bonchev–Trinajstić information content (AvgIpc) is 2.35. The molecule has 0 unspecified atom stereocenters. The summed E-state index contributed by atoms with van der Waals surface area (Å²) in [5, 5.41) is 3.31. The summed E-state index contributed by atoms with van der Waals surface area (Å²) >= 11 is 4.91. The molecule has 4 nitrogen and oxygen atoms in total. The highest BCUT2D eigenvalue weighted by atomic mass is 32.1. The highest BCUT2D eigenvalue weighted by Gasteiger charge is 2.01. The third kappa shape index (κ3) is 5.87. The molecule has 0 fully saturated rings. The quantitative estimate of drug-likeness (QED) is 0.555. The third-order valence-corrected chi connectivity index (χ3v) is 2.38. The first-order chi connectivity index (χ1) is 8.22. The van der Waals surface area contributed by atoms with E-state index >= 15 is 0 Å². The molecular formula is C12H17N3OS. The molecule has 1 rings (SSSR count). The monoisotopic (exact) mass is 251 g/mol. The zero-order chi connectivity index (χ0) is 12.5. The van der Waals surface area contributed by atoms with Crippen molar-refractivity contribution in [3.05, 3.63) is 35.9 Å². The summed E-state index contributed by atoms with van der Waals surface area (Å²) in [5.74, 6) is -0.0749. The zero-order valence-corrected chi connectivity index (χ0v) is 10.6. The highest BCUT2D eigenvalue weighted by Crippen LogP contribution is 2.01. The predicted molar refractivity (Wildman–Crippen MR) is 72.3 cm³/mol. The second-order valence-corrected chi connectivity index (χ2v) is 3.93. The van der Waals surface area contributed by atoms with Gasteiger partial charge in [0.2, 0.25) is 5.91 Å². The van der Waals surface area contributed by atoms with Gasteiger partial charge in [-0.1, -0.05) is 30.3 Å². The van der Waals surface area contributed by atoms with Crippen LogP contribution in [0.4, 0.5) is 0 Å². The van der Waals surface area contributed by atoms with Gasteiger partial charge >= 0.3 is 0 Å². The summed E-state index contributed by atoms with van der Waals surface area (Å²) in [6.07, 6.45) is 1.16. The molecule has 0 heterocycles. The number of hydrogen-bond acceptors (Lipinski definition) is 2. The number of hydrazine groups is 1. The number of carbonyl (C=O) groups is 1. The Kier molecular flexibility index (Phi) is 6.03. The summed E-state index contributed by atoms with van der Waals surface area (Å²) in [5.41, 5.74) is 6.34. The predicted octanol–water partition coefficient (Wildman–Crippen LogP) is 1.13. The van der Waals surface area contributed by atoms with E-state index in [-0.39, 0.29) is 5.91 Å². The molecule has 0 bridgehead atoms. The highest BCUT2D eigenvalue weighted by molar-refractivity contribution is 7.80. The molecule has 0 aliphatic heterocycles. The molecule has 0 saturated heterocycles. The largest absolute Gasteiger partial charge is 0.362 e. The lowest BCUT2D eigenvalue weighted by atomic mass is 10.1. The van der Waals surface area contributed by atoms with E-state index in [1.54, 1.807) is 0 Å². The average molecular weight is 251 g/mol. The molecule has 0 spiro atoms. The molecule has 0 radical (unpaired) electrons. The molecule has 0 aliphatic carbocycles. The van der Waals surface area contributed by atoms with E-state index in [1.807, 2.05) is 37.3 Å². The van der Waals surface area contributed by atoms with Gasteiger partial charge in [-0.3, -0.25) is 15.6 Å². The molecule has 0 atom stereocenters. The molecule has 92 valence electrons. The molecule has 17 heavy (non-hydrogen) atoms. The van der Waals surface area contributed by atoms with E-state index in [0.29, 0.717) is 11.5 Å². The molecule has 1 aromatic carbocycles. The summed E-state index contributed by atoms with van der Waals surface area (Å²) in [6.45, 7) is 2.66. The van der Waals surface area contributed by atoms with Crippen molar-refractivity contribution in [1.29, 1.82) is 0 Å². The number of amides is 1. The minimum atomic E-state index is -0.0749. The van der Waals surface area contributed by atoms with Crippen LogP contribution in [0.15, 0.2) is 30.3 Å². The molecule has 1 aromatic rings. The Hall–Kier alpha value is -1.62. The Morgan fingerprint density at radius 2 is 1.94 bits per heavy atom. The topological polar surface area (TPSA) is 53.2 Å². The van der Waals surface area contributed by atoms with Gasteiger partial charge in [-0.15, -0.1) is 0 Å². The van der Waals surface area contributed by atoms with Crippen molar-refractivity contribution in [3.63, 3.8) is 0 Å². The Morgan fingerprint density at radius 3 is 2.59 bits per heavy atom. The first kappa shape index (κ1) is 13.4. The van der Waals surface area contributed by atoms with Crippen molar-refractivity contribution in [1.82, 2.24) is 16.2 Å². The fraction of sp³-hybridized carbons (Fsp3) is 0.333. The van der Waals surface area contributed by atoms with Crippen molar-refractivity contribution >= 4 is 23.2 Å². The number of hydrogen-bond donors (Lipinski definition) is 3. The number of rotatable bonds is 4. The number of carbonyl (C=O) groups excluding carboxylic acids is 1. The van der Waals surface area contributed by atoms with Crippen LogP contribution in [0.1, 0.15) is 18.9 Å². The lowest BCUT2D eigenvalue weighted by molar-refractivity contribution is -0.121. The van der Waals surface area contributed by atoms with Crippen LogP contribution >= 0.6 is 12.2 Å². The van der Waals surface area contributed by atoms with Crippen molar-refractivity contribution in [2.75, 3.05) is 6.54 Å². The van der Waals surface area contributed by atoms with Crippen molar-refractivity contribution in [3.8, 4) is 0 Å². The Balaban J connectivity index is 2.20. The van der Waals surface area contributed by atoms with Crippen molar-refractivity contribution in [2.24, 2.45) is 0 Å². The first-order valence-corrected chi connectivity index (χ1v) is 5.99. The van der Waals surface area contributed by atoms with E-state index in [1.165, 1.54) is 0 Å². The Labute approximate surface area is 107 Å². The van der Waals surface area contributed by atoms with Gasteiger partial charge in [-0.25, -0.2) is 0 Å². The van der Waals surface area contributed by atoms with Crippen LogP contribution in [0.3, 0.4) is 0 Å². The summed E-state index contributed by atoms with van der Waals surface area (Å²) in [7, 11) is 0. The number of aryl methyl sites for hydroxylation is 1. The van der Waals surface area contributed by atoms with Crippen LogP contribution in [-0.4, -0.2) is 17.6 Å². The maximum absolute atomic E-state index is 11.5. The SMILES string of the molecule is CCNC(=S)NNC(=O)CCc1ccccc1. The second kappa shape index (κ2) is 7.62. The standard InChI is InChI=1S/C12H17N3OS/c1-2-13-12(17)15-14-11(16)9-8-10-6-4-3-5-7-10/h3-7H,2,8-9H2,1H3,(H,14,16)(H2,13,15,17). The maximum atomic E-state index is 11.5. The molecule has 5 heteroatoms. The van der Waals surface area contributed by atoms with Crippen LogP contribution in [0.2, 0.25) is 0 Å². The van der Waals surface area contributed by atoms with Gasteiger partial charge in [0.1, 0.15) is 0 Å². The lowest BCUT2D eigenvalue weighted by Crippen LogP contribution is -2.46. The molecule has 0 aromatic heterocycles. The number of benzene rings is 1. The minimum Gasteiger partial charge on any atom is -0.362 e. The van der Waals surface area contributed by atoms with Crippen LogP contribution < -0.4 is 16.2 Å². The number of thiocarbonyl (C=S) groups is 1. The Morgan fingerprint density at radius 1 is 1.24 bits per heavy atom. The summed E-state index contributed by atoms with van der Waals surface area (Å²) in [4.78, 5) is 11.5. The van der Waals surface area contributed by atoms with Crippen LogP contribution in [-0.2, 0) is 11.2 Å². The maximum Gasteiger partial charge on any atom is 0.238 e. The van der Waals surface area contributed by atoms with E-state index in [9.17, 15) is 4.79 Å². The fourth-order valence-corrected chi connectivity index (χ4v) is 1.49. The van der Waals surface area contributed by atoms with E-state index in [4.69, 9.17) is 12.2 Å². The van der Waals surface area contributed by atoms with Gasteiger partial charge in [0.05, 0.1) is 0 Å². The summed E-state index contributed by atoms with van der Waals surface area (Å²) < 4.78 is 0. The number of nitrogens with one attached hydrogen (secondary N) is 3. The molecule has 0 saturated carbocycles. The first-order valence-electron chi connectivity index (χ1n) is 5.59. The van der Waals surface area contributed by atoms with Gasteiger partial charge in [-0.2, -0.15) is 0 Å². The lowest BCUT2D eigenvalue weighted by Gasteiger charge is -2.09. The van der Waals surface area contributed by atoms with Gasteiger partial charge in [0.25, 0.3) is 0 Å². The fourth-order valence-electron chi connectivity index (χ4n) is 1.30. The van der Waals surface area contributed by atoms with E-state index in [0.717, 1.165) is 18.5 Å². The van der Waals surface area contributed by atoms with Gasteiger partial charge in [0, 0.05) is 13.0 Å². The van der Waals surface area contributed by atoms with Gasteiger partial charge in [0.15, 0.2) is 5.11 Å². The smallest absolute Gasteiger partial charge is 0.238 e. The van der Waals surface area contributed by atoms with Crippen molar-refractivity contribution in [2.45, 2.75) is 19.8 Å². The van der Waals surface area contributed by atoms with Crippen LogP contribution in [0, 0.1) is 0 Å². The molecular weight excluding hydrogens is 234 g/mol. The third-order valence-electron chi connectivity index (χ3n) is 2.14.